The van der Waals surface area contributed by atoms with Crippen molar-refractivity contribution >= 4 is 29.3 Å². The van der Waals surface area contributed by atoms with Gasteiger partial charge in [-0.2, -0.15) is 0 Å². The van der Waals surface area contributed by atoms with E-state index >= 15 is 0 Å². The van der Waals surface area contributed by atoms with Gasteiger partial charge in [-0.3, -0.25) is 0 Å². The molecule has 0 saturated carbocycles. The van der Waals surface area contributed by atoms with Crippen LogP contribution in [0, 0.1) is 13.8 Å². The topological polar surface area (TPSA) is 54.3 Å². The first kappa shape index (κ1) is 21.5. The van der Waals surface area contributed by atoms with Crippen LogP contribution in [0.25, 0.3) is 5.69 Å². The fraction of sp³-hybridized carbons (Fsp3) is 0.261. The Hall–Kier alpha value is -2.21. The molecule has 3 aromatic rings. The summed E-state index contributed by atoms with van der Waals surface area (Å²) in [5.41, 5.74) is 5.02. The van der Waals surface area contributed by atoms with Gasteiger partial charge in [-0.25, -0.2) is 4.79 Å². The lowest BCUT2D eigenvalue weighted by molar-refractivity contribution is 0.0695. The molecule has 0 radical (unpaired) electrons. The molecule has 0 aliphatic rings. The SMILES string of the molecule is CSc1ccc(CCNCc2c(C(=O)O)c(C)n(-c3ccc(Cl)cc3)c2C)cc1. The fourth-order valence-corrected chi connectivity index (χ4v) is 4.15. The maximum atomic E-state index is 11.9. The molecule has 4 nitrogen and oxygen atoms in total. The van der Waals surface area contributed by atoms with Crippen molar-refractivity contribution in [2.24, 2.45) is 0 Å². The molecule has 1 aromatic heterocycles. The highest BCUT2D eigenvalue weighted by molar-refractivity contribution is 7.98. The van der Waals surface area contributed by atoms with Crippen LogP contribution in [0.15, 0.2) is 53.4 Å². The molecule has 0 fully saturated rings. The van der Waals surface area contributed by atoms with Crippen LogP contribution >= 0.6 is 23.4 Å². The largest absolute Gasteiger partial charge is 0.478 e. The van der Waals surface area contributed by atoms with Crippen LogP contribution in [0.1, 0.15) is 32.9 Å². The number of aromatic carboxylic acids is 1. The summed E-state index contributed by atoms with van der Waals surface area (Å²) in [4.78, 5) is 13.2. The summed E-state index contributed by atoms with van der Waals surface area (Å²) in [6, 6.07) is 16.0. The molecule has 1 heterocycles. The zero-order chi connectivity index (χ0) is 21.0. The molecule has 2 aromatic carbocycles. The van der Waals surface area contributed by atoms with E-state index in [9.17, 15) is 9.90 Å². The van der Waals surface area contributed by atoms with Gasteiger partial charge in [0, 0.05) is 39.1 Å². The number of carbonyl (C=O) groups is 1. The van der Waals surface area contributed by atoms with Crippen LogP contribution in [0.3, 0.4) is 0 Å². The van der Waals surface area contributed by atoms with Crippen molar-refractivity contribution in [1.29, 1.82) is 0 Å². The van der Waals surface area contributed by atoms with E-state index in [4.69, 9.17) is 11.6 Å². The van der Waals surface area contributed by atoms with E-state index in [2.05, 4.69) is 35.8 Å². The number of halogens is 1. The van der Waals surface area contributed by atoms with E-state index in [0.29, 0.717) is 17.1 Å². The highest BCUT2D eigenvalue weighted by Gasteiger charge is 2.23. The third kappa shape index (κ3) is 4.86. The number of rotatable bonds is 8. The van der Waals surface area contributed by atoms with E-state index < -0.39 is 5.97 Å². The molecular formula is C23H25ClN2O2S. The monoisotopic (exact) mass is 428 g/mol. The summed E-state index contributed by atoms with van der Waals surface area (Å²) in [6.07, 6.45) is 2.96. The van der Waals surface area contributed by atoms with E-state index in [-0.39, 0.29) is 0 Å². The molecule has 0 spiro atoms. The van der Waals surface area contributed by atoms with Crippen LogP contribution in [0.4, 0.5) is 0 Å². The predicted octanol–water partition coefficient (Wildman–Crippen LogP) is 5.50. The predicted molar refractivity (Wildman–Crippen MR) is 121 cm³/mol. The summed E-state index contributed by atoms with van der Waals surface area (Å²) in [5, 5.41) is 13.9. The minimum Gasteiger partial charge on any atom is -0.478 e. The average molecular weight is 429 g/mol. The molecule has 0 atom stereocenters. The number of thioether (sulfide) groups is 1. The molecule has 152 valence electrons. The average Bonchev–Trinajstić information content (AvgIpc) is 2.96. The summed E-state index contributed by atoms with van der Waals surface area (Å²) < 4.78 is 1.98. The second-order valence-corrected chi connectivity index (χ2v) is 8.23. The van der Waals surface area contributed by atoms with Gasteiger partial charge in [-0.1, -0.05) is 23.7 Å². The van der Waals surface area contributed by atoms with Crippen LogP contribution in [-0.2, 0) is 13.0 Å². The van der Waals surface area contributed by atoms with Gasteiger partial charge in [0.25, 0.3) is 0 Å². The summed E-state index contributed by atoms with van der Waals surface area (Å²) >= 11 is 7.73. The molecule has 0 aliphatic heterocycles. The Morgan fingerprint density at radius 2 is 1.72 bits per heavy atom. The highest BCUT2D eigenvalue weighted by Crippen LogP contribution is 2.27. The Morgan fingerprint density at radius 3 is 2.31 bits per heavy atom. The third-order valence-corrected chi connectivity index (χ3v) is 6.12. The Morgan fingerprint density at radius 1 is 1.07 bits per heavy atom. The van der Waals surface area contributed by atoms with Crippen LogP contribution < -0.4 is 5.32 Å². The van der Waals surface area contributed by atoms with Gasteiger partial charge in [0.15, 0.2) is 0 Å². The third-order valence-electron chi connectivity index (χ3n) is 5.12. The summed E-state index contributed by atoms with van der Waals surface area (Å²) in [5.74, 6) is -0.900. The van der Waals surface area contributed by atoms with Gasteiger partial charge < -0.3 is 15.0 Å². The van der Waals surface area contributed by atoms with Crippen LogP contribution in [0.5, 0.6) is 0 Å². The lowest BCUT2D eigenvalue weighted by Gasteiger charge is -2.10. The molecule has 3 rings (SSSR count). The number of carboxylic acids is 1. The highest BCUT2D eigenvalue weighted by atomic mass is 35.5. The molecule has 0 amide bonds. The second kappa shape index (κ2) is 9.53. The number of nitrogens with zero attached hydrogens (tertiary/aromatic N) is 1. The van der Waals surface area contributed by atoms with Crippen LogP contribution in [-0.4, -0.2) is 28.4 Å². The van der Waals surface area contributed by atoms with Crippen molar-refractivity contribution in [3.63, 3.8) is 0 Å². The number of nitrogens with one attached hydrogen (secondary N) is 1. The minimum absolute atomic E-state index is 0.370. The number of benzene rings is 2. The number of carboxylic acid groups (broad SMARTS) is 1. The molecule has 2 N–H and O–H groups in total. The smallest absolute Gasteiger partial charge is 0.337 e. The van der Waals surface area contributed by atoms with Gasteiger partial charge in [0.05, 0.1) is 5.56 Å². The maximum Gasteiger partial charge on any atom is 0.337 e. The first-order valence-corrected chi connectivity index (χ1v) is 11.1. The summed E-state index contributed by atoms with van der Waals surface area (Å²) in [6.45, 7) is 5.11. The van der Waals surface area contributed by atoms with Gasteiger partial charge in [0.2, 0.25) is 0 Å². The number of hydrogen-bond donors (Lipinski definition) is 2. The van der Waals surface area contributed by atoms with E-state index in [1.807, 2.05) is 42.7 Å². The minimum atomic E-state index is -0.900. The van der Waals surface area contributed by atoms with Crippen molar-refractivity contribution in [2.75, 3.05) is 12.8 Å². The maximum absolute atomic E-state index is 11.9. The molecule has 29 heavy (non-hydrogen) atoms. The molecule has 0 saturated heterocycles. The van der Waals surface area contributed by atoms with Crippen molar-refractivity contribution in [3.8, 4) is 5.69 Å². The molecule has 0 bridgehead atoms. The Balaban J connectivity index is 1.76. The second-order valence-electron chi connectivity index (χ2n) is 6.92. The first-order chi connectivity index (χ1) is 13.9. The van der Waals surface area contributed by atoms with E-state index in [1.165, 1.54) is 10.5 Å². The molecule has 0 aliphatic carbocycles. The quantitative estimate of drug-likeness (QED) is 0.367. The van der Waals surface area contributed by atoms with Gasteiger partial charge >= 0.3 is 5.97 Å². The van der Waals surface area contributed by atoms with Gasteiger partial charge in [-0.05, 0) is 75.0 Å². The Labute approximate surface area is 180 Å². The van der Waals surface area contributed by atoms with Gasteiger partial charge in [-0.15, -0.1) is 11.8 Å². The zero-order valence-electron chi connectivity index (χ0n) is 16.8. The molecular weight excluding hydrogens is 404 g/mol. The zero-order valence-corrected chi connectivity index (χ0v) is 18.4. The van der Waals surface area contributed by atoms with Gasteiger partial charge in [0.1, 0.15) is 0 Å². The fourth-order valence-electron chi connectivity index (χ4n) is 3.61. The summed E-state index contributed by atoms with van der Waals surface area (Å²) in [7, 11) is 0. The van der Waals surface area contributed by atoms with Crippen LogP contribution in [0.2, 0.25) is 5.02 Å². The van der Waals surface area contributed by atoms with E-state index in [1.54, 1.807) is 11.8 Å². The van der Waals surface area contributed by atoms with Crippen molar-refractivity contribution in [1.82, 2.24) is 9.88 Å². The van der Waals surface area contributed by atoms with E-state index in [0.717, 1.165) is 35.6 Å². The first-order valence-electron chi connectivity index (χ1n) is 9.46. The Bertz CT molecular complexity index is 995. The Kier molecular flexibility index (Phi) is 7.06. The standard InChI is InChI=1S/C23H25ClN2O2S/c1-15-21(14-25-13-12-17-4-10-20(29-3)11-5-17)22(23(27)28)16(2)26(15)19-8-6-18(24)7-9-19/h4-11,25H,12-14H2,1-3H3,(H,27,28). The lowest BCUT2D eigenvalue weighted by Crippen LogP contribution is -2.18. The number of hydrogen-bond acceptors (Lipinski definition) is 3. The van der Waals surface area contributed by atoms with Crippen molar-refractivity contribution in [3.05, 3.63) is 81.6 Å². The molecule has 0 unspecified atom stereocenters. The normalized spacial score (nSPS) is 11.0. The van der Waals surface area contributed by atoms with Crippen molar-refractivity contribution in [2.45, 2.75) is 31.7 Å². The molecule has 6 heteroatoms. The lowest BCUT2D eigenvalue weighted by atomic mass is 10.1. The van der Waals surface area contributed by atoms with Crippen molar-refractivity contribution < 1.29 is 9.90 Å². The number of aromatic nitrogens is 1.